The average molecular weight is 403 g/mol. The van der Waals surface area contributed by atoms with Crippen LogP contribution in [0, 0.1) is 6.92 Å². The van der Waals surface area contributed by atoms with Crippen molar-refractivity contribution in [2.45, 2.75) is 38.1 Å². The van der Waals surface area contributed by atoms with Crippen LogP contribution in [0.3, 0.4) is 0 Å². The summed E-state index contributed by atoms with van der Waals surface area (Å²) in [5.41, 5.74) is 1.45. The second kappa shape index (κ2) is 7.93. The van der Waals surface area contributed by atoms with Gasteiger partial charge in [0.15, 0.2) is 9.84 Å². The fraction of sp³-hybridized carbons (Fsp3) is 0.333. The lowest BCUT2D eigenvalue weighted by Crippen LogP contribution is -2.17. The summed E-state index contributed by atoms with van der Waals surface area (Å²) in [5, 5.41) is 14.3. The molecule has 3 aromatic rings. The third-order valence-corrected chi connectivity index (χ3v) is 5.74. The summed E-state index contributed by atoms with van der Waals surface area (Å²) in [4.78, 5) is 12.2. The van der Waals surface area contributed by atoms with Crippen LogP contribution in [0.1, 0.15) is 31.9 Å². The molecule has 0 atom stereocenters. The molecule has 0 aliphatic carbocycles. The molecule has 1 N–H and O–H groups in total. The Balaban J connectivity index is 1.59. The van der Waals surface area contributed by atoms with Crippen LogP contribution in [0.5, 0.6) is 0 Å². The number of hydrogen-bond acceptors (Lipinski definition) is 7. The van der Waals surface area contributed by atoms with Crippen LogP contribution in [-0.4, -0.2) is 40.1 Å². The molecule has 0 radical (unpaired) electrons. The molecule has 0 saturated carbocycles. The predicted molar refractivity (Wildman–Crippen MR) is 102 cm³/mol. The fourth-order valence-corrected chi connectivity index (χ4v) is 3.63. The first-order valence-corrected chi connectivity index (χ1v) is 10.4. The van der Waals surface area contributed by atoms with Gasteiger partial charge in [0.1, 0.15) is 5.69 Å². The van der Waals surface area contributed by atoms with E-state index >= 15 is 0 Å². The van der Waals surface area contributed by atoms with E-state index in [0.717, 1.165) is 5.56 Å². The van der Waals surface area contributed by atoms with Crippen molar-refractivity contribution in [3.8, 4) is 11.6 Å². The molecule has 10 heteroatoms. The first kappa shape index (κ1) is 19.7. The van der Waals surface area contributed by atoms with Crippen LogP contribution in [-0.2, 0) is 14.6 Å². The summed E-state index contributed by atoms with van der Waals surface area (Å²) in [6.45, 7) is 5.84. The number of nitrogens with zero attached hydrogens (tertiary/aromatic N) is 4. The molecule has 1 amide bonds. The second-order valence-electron chi connectivity index (χ2n) is 6.62. The summed E-state index contributed by atoms with van der Waals surface area (Å²) < 4.78 is 31.7. The number of amides is 1. The first-order valence-electron chi connectivity index (χ1n) is 8.73. The molecule has 0 aliphatic rings. The largest absolute Gasteiger partial charge is 0.401 e. The molecule has 1 aromatic carbocycles. The van der Waals surface area contributed by atoms with E-state index in [9.17, 15) is 13.2 Å². The molecule has 0 unspecified atom stereocenters. The van der Waals surface area contributed by atoms with Crippen molar-refractivity contribution in [3.05, 3.63) is 42.1 Å². The van der Waals surface area contributed by atoms with Crippen molar-refractivity contribution in [1.82, 2.24) is 20.0 Å². The van der Waals surface area contributed by atoms with Gasteiger partial charge < -0.3 is 4.42 Å². The number of benzene rings is 1. The standard InChI is InChI=1S/C18H21N5O4S/c1-12(2)23-10-8-15(22-23)17-20-21-18(27-17)19-16(24)9-11-28(25,26)14-6-4-13(3)5-7-14/h4-8,10,12H,9,11H2,1-3H3,(H,19,21,24). The molecule has 0 fully saturated rings. The van der Waals surface area contributed by atoms with Gasteiger partial charge in [0, 0.05) is 18.7 Å². The van der Waals surface area contributed by atoms with E-state index in [0.29, 0.717) is 5.69 Å². The quantitative estimate of drug-likeness (QED) is 0.644. The Hall–Kier alpha value is -3.01. The summed E-state index contributed by atoms with van der Waals surface area (Å²) in [6.07, 6.45) is 1.56. The van der Waals surface area contributed by atoms with Crippen molar-refractivity contribution in [2.24, 2.45) is 0 Å². The summed E-state index contributed by atoms with van der Waals surface area (Å²) >= 11 is 0. The molecule has 9 nitrogen and oxygen atoms in total. The van der Waals surface area contributed by atoms with Crippen molar-refractivity contribution >= 4 is 21.8 Å². The van der Waals surface area contributed by atoms with Crippen LogP contribution < -0.4 is 5.32 Å². The molecule has 2 heterocycles. The summed E-state index contributed by atoms with van der Waals surface area (Å²) in [5.74, 6) is -0.678. The Bertz CT molecular complexity index is 1070. The van der Waals surface area contributed by atoms with Crippen molar-refractivity contribution in [3.63, 3.8) is 0 Å². The number of nitrogens with one attached hydrogen (secondary N) is 1. The molecular weight excluding hydrogens is 382 g/mol. The highest BCUT2D eigenvalue weighted by Gasteiger charge is 2.18. The number of hydrogen-bond donors (Lipinski definition) is 1. The number of aryl methyl sites for hydroxylation is 1. The number of anilines is 1. The minimum absolute atomic E-state index is 0.105. The Kier molecular flexibility index (Phi) is 5.59. The van der Waals surface area contributed by atoms with Gasteiger partial charge >= 0.3 is 6.01 Å². The van der Waals surface area contributed by atoms with Gasteiger partial charge in [0.25, 0.3) is 5.89 Å². The van der Waals surface area contributed by atoms with Crippen molar-refractivity contribution in [1.29, 1.82) is 0 Å². The Morgan fingerprint density at radius 2 is 1.89 bits per heavy atom. The smallest absolute Gasteiger partial charge is 0.322 e. The Morgan fingerprint density at radius 3 is 2.54 bits per heavy atom. The summed E-state index contributed by atoms with van der Waals surface area (Å²) in [6, 6.07) is 8.30. The van der Waals surface area contributed by atoms with E-state index in [-0.39, 0.29) is 35.0 Å². The van der Waals surface area contributed by atoms with Gasteiger partial charge in [-0.05, 0) is 39.0 Å². The van der Waals surface area contributed by atoms with E-state index in [1.807, 2.05) is 20.8 Å². The van der Waals surface area contributed by atoms with E-state index < -0.39 is 15.7 Å². The third kappa shape index (κ3) is 4.63. The molecule has 0 bridgehead atoms. The molecule has 148 valence electrons. The maximum absolute atomic E-state index is 12.3. The highest BCUT2D eigenvalue weighted by atomic mass is 32.2. The monoisotopic (exact) mass is 403 g/mol. The number of carbonyl (C=O) groups is 1. The van der Waals surface area contributed by atoms with Crippen molar-refractivity contribution < 1.29 is 17.6 Å². The lowest BCUT2D eigenvalue weighted by Gasteiger charge is -2.04. The van der Waals surface area contributed by atoms with Gasteiger partial charge in [-0.1, -0.05) is 22.8 Å². The number of carbonyl (C=O) groups excluding carboxylic acids is 1. The van der Waals surface area contributed by atoms with Crippen LogP contribution in [0.25, 0.3) is 11.6 Å². The fourth-order valence-electron chi connectivity index (χ4n) is 2.39. The highest BCUT2D eigenvalue weighted by Crippen LogP contribution is 2.19. The van der Waals surface area contributed by atoms with Gasteiger partial charge in [-0.15, -0.1) is 5.10 Å². The number of sulfone groups is 1. The molecule has 0 spiro atoms. The van der Waals surface area contributed by atoms with Gasteiger partial charge in [-0.3, -0.25) is 14.8 Å². The first-order chi connectivity index (χ1) is 13.2. The molecule has 3 rings (SSSR count). The maximum atomic E-state index is 12.3. The zero-order valence-corrected chi connectivity index (χ0v) is 16.6. The van der Waals surface area contributed by atoms with E-state index in [1.54, 1.807) is 29.1 Å². The minimum atomic E-state index is -3.55. The van der Waals surface area contributed by atoms with E-state index in [4.69, 9.17) is 4.42 Å². The third-order valence-electron chi connectivity index (χ3n) is 4.01. The molecule has 0 saturated heterocycles. The molecule has 28 heavy (non-hydrogen) atoms. The number of rotatable bonds is 7. The van der Waals surface area contributed by atoms with Crippen LogP contribution in [0.15, 0.2) is 45.8 Å². The van der Waals surface area contributed by atoms with Crippen LogP contribution >= 0.6 is 0 Å². The lowest BCUT2D eigenvalue weighted by atomic mass is 10.2. The van der Waals surface area contributed by atoms with Crippen LogP contribution in [0.4, 0.5) is 6.01 Å². The molecule has 0 aliphatic heterocycles. The molecular formula is C18H21N5O4S. The highest BCUT2D eigenvalue weighted by molar-refractivity contribution is 7.91. The topological polar surface area (TPSA) is 120 Å². The van der Waals surface area contributed by atoms with Gasteiger partial charge in [0.05, 0.1) is 10.6 Å². The Labute approximate surface area is 162 Å². The van der Waals surface area contributed by atoms with Gasteiger partial charge in [-0.25, -0.2) is 8.42 Å². The minimum Gasteiger partial charge on any atom is -0.401 e. The summed E-state index contributed by atoms with van der Waals surface area (Å²) in [7, 11) is -3.55. The SMILES string of the molecule is Cc1ccc(S(=O)(=O)CCC(=O)Nc2nnc(-c3ccn(C(C)C)n3)o2)cc1. The van der Waals surface area contributed by atoms with Gasteiger partial charge in [-0.2, -0.15) is 5.10 Å². The van der Waals surface area contributed by atoms with E-state index in [1.165, 1.54) is 12.1 Å². The van der Waals surface area contributed by atoms with Crippen LogP contribution in [0.2, 0.25) is 0 Å². The van der Waals surface area contributed by atoms with Gasteiger partial charge in [0.2, 0.25) is 5.91 Å². The Morgan fingerprint density at radius 1 is 1.18 bits per heavy atom. The molecule has 2 aromatic heterocycles. The number of aromatic nitrogens is 4. The van der Waals surface area contributed by atoms with E-state index in [2.05, 4.69) is 20.6 Å². The van der Waals surface area contributed by atoms with Crippen molar-refractivity contribution in [2.75, 3.05) is 11.1 Å². The normalized spacial score (nSPS) is 11.7. The zero-order valence-electron chi connectivity index (χ0n) is 15.8. The second-order valence-corrected chi connectivity index (χ2v) is 8.73. The maximum Gasteiger partial charge on any atom is 0.322 e. The predicted octanol–water partition coefficient (Wildman–Crippen LogP) is 2.62. The lowest BCUT2D eigenvalue weighted by molar-refractivity contribution is -0.115. The average Bonchev–Trinajstić information content (AvgIpc) is 3.30. The zero-order chi connectivity index (χ0) is 20.3.